The summed E-state index contributed by atoms with van der Waals surface area (Å²) in [5.74, 6) is 1.41. The Morgan fingerprint density at radius 3 is 2.30 bits per heavy atom. The summed E-state index contributed by atoms with van der Waals surface area (Å²) in [7, 11) is 0. The molecule has 1 aromatic rings. The molecule has 0 saturated heterocycles. The van der Waals surface area contributed by atoms with Crippen molar-refractivity contribution < 1.29 is 4.79 Å². The number of carbonyl (C=O) groups is 1. The van der Waals surface area contributed by atoms with Crippen LogP contribution in [0.25, 0.3) is 0 Å². The van der Waals surface area contributed by atoms with Gasteiger partial charge in [0.15, 0.2) is 11.6 Å². The van der Waals surface area contributed by atoms with Crippen molar-refractivity contribution in [1.29, 1.82) is 0 Å². The molecule has 20 heavy (non-hydrogen) atoms. The lowest BCUT2D eigenvalue weighted by Gasteiger charge is -2.21. The average Bonchev–Trinajstić information content (AvgIpc) is 2.46. The summed E-state index contributed by atoms with van der Waals surface area (Å²) in [4.78, 5) is 13.8. The van der Waals surface area contributed by atoms with E-state index in [9.17, 15) is 4.79 Å². The molecule has 112 valence electrons. The molecular formula is C15H26N4O. The molecule has 0 aliphatic carbocycles. The first kappa shape index (κ1) is 16.4. The number of nitrogens with zero attached hydrogens (tertiary/aromatic N) is 3. The number of anilines is 2. The van der Waals surface area contributed by atoms with Gasteiger partial charge in [0.2, 0.25) is 5.91 Å². The second-order valence-corrected chi connectivity index (χ2v) is 4.92. The van der Waals surface area contributed by atoms with Gasteiger partial charge in [-0.2, -0.15) is 0 Å². The van der Waals surface area contributed by atoms with Crippen LogP contribution in [0.1, 0.15) is 52.9 Å². The number of rotatable bonds is 9. The molecule has 0 radical (unpaired) electrons. The highest BCUT2D eigenvalue weighted by Gasteiger charge is 2.08. The van der Waals surface area contributed by atoms with E-state index in [1.54, 1.807) is 0 Å². The average molecular weight is 278 g/mol. The van der Waals surface area contributed by atoms with Crippen molar-refractivity contribution in [1.82, 2.24) is 10.2 Å². The predicted molar refractivity (Wildman–Crippen MR) is 83.0 cm³/mol. The number of nitrogens with one attached hydrogen (secondary N) is 1. The monoisotopic (exact) mass is 278 g/mol. The van der Waals surface area contributed by atoms with Gasteiger partial charge in [-0.05, 0) is 31.4 Å². The van der Waals surface area contributed by atoms with Crippen LogP contribution < -0.4 is 10.2 Å². The van der Waals surface area contributed by atoms with Crippen LogP contribution in [-0.4, -0.2) is 29.2 Å². The first-order chi connectivity index (χ1) is 9.71. The summed E-state index contributed by atoms with van der Waals surface area (Å²) in [5, 5.41) is 11.1. The fraction of sp³-hybridized carbons (Fsp3) is 0.667. The fourth-order valence-corrected chi connectivity index (χ4v) is 1.98. The van der Waals surface area contributed by atoms with Crippen LogP contribution >= 0.6 is 0 Å². The molecule has 0 aliphatic heterocycles. The minimum absolute atomic E-state index is 0.00729. The highest BCUT2D eigenvalue weighted by Crippen LogP contribution is 2.13. The van der Waals surface area contributed by atoms with Crippen LogP contribution in [0.4, 0.5) is 11.6 Å². The van der Waals surface area contributed by atoms with Crippen molar-refractivity contribution in [3.63, 3.8) is 0 Å². The Labute approximate surface area is 121 Å². The number of carbonyl (C=O) groups excluding carboxylic acids is 1. The molecule has 1 amide bonds. The van der Waals surface area contributed by atoms with Gasteiger partial charge in [-0.1, -0.05) is 27.2 Å². The third-order valence-corrected chi connectivity index (χ3v) is 2.99. The minimum Gasteiger partial charge on any atom is -0.355 e. The van der Waals surface area contributed by atoms with Crippen molar-refractivity contribution in [3.8, 4) is 0 Å². The topological polar surface area (TPSA) is 58.1 Å². The maximum atomic E-state index is 11.6. The molecule has 0 saturated carbocycles. The van der Waals surface area contributed by atoms with E-state index in [4.69, 9.17) is 0 Å². The molecule has 0 unspecified atom stereocenters. The zero-order chi connectivity index (χ0) is 14.8. The van der Waals surface area contributed by atoms with Gasteiger partial charge in [0.25, 0.3) is 0 Å². The normalized spacial score (nSPS) is 10.3. The molecule has 0 fully saturated rings. The van der Waals surface area contributed by atoms with Crippen LogP contribution in [-0.2, 0) is 4.79 Å². The Bertz CT molecular complexity index is 385. The zero-order valence-corrected chi connectivity index (χ0v) is 12.9. The molecule has 5 heteroatoms. The van der Waals surface area contributed by atoms with E-state index in [1.807, 2.05) is 12.1 Å². The second-order valence-electron chi connectivity index (χ2n) is 4.92. The smallest absolute Gasteiger partial charge is 0.225 e. The van der Waals surface area contributed by atoms with E-state index in [0.29, 0.717) is 12.2 Å². The maximum absolute atomic E-state index is 11.6. The SMILES string of the molecule is CCCCC(=O)Nc1ccc(N(CCC)CCC)nn1. The summed E-state index contributed by atoms with van der Waals surface area (Å²) >= 11 is 0. The minimum atomic E-state index is 0.00729. The second kappa shape index (κ2) is 9.28. The van der Waals surface area contributed by atoms with Crippen molar-refractivity contribution in [2.45, 2.75) is 52.9 Å². The standard InChI is InChI=1S/C15H26N4O/c1-4-7-8-15(20)16-13-9-10-14(18-17-13)19(11-5-2)12-6-3/h9-10H,4-8,11-12H2,1-3H3,(H,16,17,20). The molecule has 1 rings (SSSR count). The Kier molecular flexibility index (Phi) is 7.62. The Morgan fingerprint density at radius 2 is 1.80 bits per heavy atom. The Balaban J connectivity index is 2.60. The predicted octanol–water partition coefficient (Wildman–Crippen LogP) is 3.23. The lowest BCUT2D eigenvalue weighted by atomic mass is 10.2. The van der Waals surface area contributed by atoms with E-state index < -0.39 is 0 Å². The van der Waals surface area contributed by atoms with Crippen LogP contribution in [0.2, 0.25) is 0 Å². The third-order valence-electron chi connectivity index (χ3n) is 2.99. The highest BCUT2D eigenvalue weighted by molar-refractivity contribution is 5.89. The molecule has 5 nitrogen and oxygen atoms in total. The molecule has 1 heterocycles. The molecule has 0 spiro atoms. The van der Waals surface area contributed by atoms with E-state index in [-0.39, 0.29) is 5.91 Å². The molecule has 0 aliphatic rings. The lowest BCUT2D eigenvalue weighted by Crippen LogP contribution is -2.26. The number of aromatic nitrogens is 2. The van der Waals surface area contributed by atoms with Gasteiger partial charge in [-0.25, -0.2) is 0 Å². The summed E-state index contributed by atoms with van der Waals surface area (Å²) in [6.07, 6.45) is 4.62. The van der Waals surface area contributed by atoms with E-state index in [2.05, 4.69) is 41.2 Å². The largest absolute Gasteiger partial charge is 0.355 e. The van der Waals surface area contributed by atoms with Gasteiger partial charge in [-0.15, -0.1) is 10.2 Å². The summed E-state index contributed by atoms with van der Waals surface area (Å²) < 4.78 is 0. The van der Waals surface area contributed by atoms with Gasteiger partial charge < -0.3 is 10.2 Å². The summed E-state index contributed by atoms with van der Waals surface area (Å²) in [6.45, 7) is 8.32. The van der Waals surface area contributed by atoms with Gasteiger partial charge in [-0.3, -0.25) is 4.79 Å². The number of amides is 1. The van der Waals surface area contributed by atoms with Crippen molar-refractivity contribution >= 4 is 17.5 Å². The van der Waals surface area contributed by atoms with E-state index in [0.717, 1.165) is 44.6 Å². The Hall–Kier alpha value is -1.65. The lowest BCUT2D eigenvalue weighted by molar-refractivity contribution is -0.116. The van der Waals surface area contributed by atoms with Gasteiger partial charge >= 0.3 is 0 Å². The van der Waals surface area contributed by atoms with Gasteiger partial charge in [0, 0.05) is 19.5 Å². The van der Waals surface area contributed by atoms with Crippen LogP contribution in [0, 0.1) is 0 Å². The van der Waals surface area contributed by atoms with Crippen LogP contribution in [0.15, 0.2) is 12.1 Å². The van der Waals surface area contributed by atoms with Gasteiger partial charge in [0.05, 0.1) is 0 Å². The number of hydrogen-bond acceptors (Lipinski definition) is 4. The molecular weight excluding hydrogens is 252 g/mol. The van der Waals surface area contributed by atoms with Crippen LogP contribution in [0.3, 0.4) is 0 Å². The summed E-state index contributed by atoms with van der Waals surface area (Å²) in [5.41, 5.74) is 0. The van der Waals surface area contributed by atoms with E-state index in [1.165, 1.54) is 0 Å². The molecule has 0 atom stereocenters. The van der Waals surface area contributed by atoms with Crippen molar-refractivity contribution in [2.24, 2.45) is 0 Å². The molecule has 0 aromatic carbocycles. The van der Waals surface area contributed by atoms with E-state index >= 15 is 0 Å². The first-order valence-electron chi connectivity index (χ1n) is 7.59. The maximum Gasteiger partial charge on any atom is 0.225 e. The van der Waals surface area contributed by atoms with Crippen LogP contribution in [0.5, 0.6) is 0 Å². The van der Waals surface area contributed by atoms with Crippen molar-refractivity contribution in [2.75, 3.05) is 23.3 Å². The quantitative estimate of drug-likeness (QED) is 0.753. The third kappa shape index (κ3) is 5.55. The Morgan fingerprint density at radius 1 is 1.10 bits per heavy atom. The molecule has 0 bridgehead atoms. The number of unbranched alkanes of at least 4 members (excludes halogenated alkanes) is 1. The fourth-order valence-electron chi connectivity index (χ4n) is 1.98. The number of hydrogen-bond donors (Lipinski definition) is 1. The first-order valence-corrected chi connectivity index (χ1v) is 7.59. The zero-order valence-electron chi connectivity index (χ0n) is 12.9. The molecule has 1 N–H and O–H groups in total. The van der Waals surface area contributed by atoms with Gasteiger partial charge in [0.1, 0.15) is 0 Å². The van der Waals surface area contributed by atoms with Crippen molar-refractivity contribution in [3.05, 3.63) is 12.1 Å². The summed E-state index contributed by atoms with van der Waals surface area (Å²) in [6, 6.07) is 3.75. The highest BCUT2D eigenvalue weighted by atomic mass is 16.1. The molecule has 1 aromatic heterocycles.